The molecule has 0 unspecified atom stereocenters. The number of aliphatic hydroxyl groups excluding tert-OH is 1. The highest BCUT2D eigenvalue weighted by molar-refractivity contribution is 5.48. The van der Waals surface area contributed by atoms with E-state index in [1.54, 1.807) is 12.1 Å². The number of nitro benzene ring substituents is 1. The normalized spacial score (nSPS) is 10.2. The Labute approximate surface area is 116 Å². The standard InChI is InChI=1S/C15H15NO4/c17-9-8-12-6-7-15(14(10-12)16(18)19)20-11-13-4-2-1-3-5-13/h1-7,10,17H,8-9,11H2. The Bertz CT molecular complexity index is 584. The lowest BCUT2D eigenvalue weighted by Crippen LogP contribution is -2.00. The van der Waals surface area contributed by atoms with E-state index in [0.717, 1.165) is 5.56 Å². The van der Waals surface area contributed by atoms with Gasteiger partial charge in [0.05, 0.1) is 4.92 Å². The average molecular weight is 273 g/mol. The SMILES string of the molecule is O=[N+]([O-])c1cc(CCO)ccc1OCc1ccccc1. The van der Waals surface area contributed by atoms with Crippen molar-refractivity contribution in [2.45, 2.75) is 13.0 Å². The molecule has 0 fully saturated rings. The van der Waals surface area contributed by atoms with E-state index >= 15 is 0 Å². The number of rotatable bonds is 6. The lowest BCUT2D eigenvalue weighted by atomic mass is 10.1. The van der Waals surface area contributed by atoms with Gasteiger partial charge in [-0.1, -0.05) is 36.4 Å². The summed E-state index contributed by atoms with van der Waals surface area (Å²) in [6, 6.07) is 14.2. The smallest absolute Gasteiger partial charge is 0.311 e. The Balaban J connectivity index is 2.16. The highest BCUT2D eigenvalue weighted by Gasteiger charge is 2.16. The number of hydrogen-bond acceptors (Lipinski definition) is 4. The molecule has 5 nitrogen and oxygen atoms in total. The third-order valence-corrected chi connectivity index (χ3v) is 2.86. The van der Waals surface area contributed by atoms with Gasteiger partial charge >= 0.3 is 5.69 Å². The summed E-state index contributed by atoms with van der Waals surface area (Å²) < 4.78 is 5.51. The van der Waals surface area contributed by atoms with Gasteiger partial charge in [-0.25, -0.2) is 0 Å². The van der Waals surface area contributed by atoms with Crippen LogP contribution in [0.1, 0.15) is 11.1 Å². The van der Waals surface area contributed by atoms with Crippen molar-refractivity contribution in [3.63, 3.8) is 0 Å². The molecular formula is C15H15NO4. The van der Waals surface area contributed by atoms with Crippen molar-refractivity contribution < 1.29 is 14.8 Å². The summed E-state index contributed by atoms with van der Waals surface area (Å²) in [5, 5.41) is 19.9. The molecule has 104 valence electrons. The molecule has 0 saturated carbocycles. The zero-order valence-corrected chi connectivity index (χ0v) is 10.9. The van der Waals surface area contributed by atoms with Crippen LogP contribution < -0.4 is 4.74 Å². The topological polar surface area (TPSA) is 72.6 Å². The molecule has 2 aromatic rings. The van der Waals surface area contributed by atoms with Crippen LogP contribution in [0.4, 0.5) is 5.69 Å². The first-order valence-corrected chi connectivity index (χ1v) is 6.25. The summed E-state index contributed by atoms with van der Waals surface area (Å²) >= 11 is 0. The Morgan fingerprint density at radius 2 is 1.85 bits per heavy atom. The van der Waals surface area contributed by atoms with Gasteiger partial charge in [-0.05, 0) is 23.6 Å². The summed E-state index contributed by atoms with van der Waals surface area (Å²) in [7, 11) is 0. The largest absolute Gasteiger partial charge is 0.482 e. The van der Waals surface area contributed by atoms with E-state index in [4.69, 9.17) is 9.84 Å². The number of aliphatic hydroxyl groups is 1. The molecule has 0 radical (unpaired) electrons. The molecule has 0 aliphatic rings. The predicted molar refractivity (Wildman–Crippen MR) is 74.7 cm³/mol. The molecule has 5 heteroatoms. The fourth-order valence-electron chi connectivity index (χ4n) is 1.85. The Morgan fingerprint density at radius 1 is 1.10 bits per heavy atom. The molecule has 1 N–H and O–H groups in total. The van der Waals surface area contributed by atoms with Crippen molar-refractivity contribution in [1.82, 2.24) is 0 Å². The molecule has 0 aliphatic carbocycles. The van der Waals surface area contributed by atoms with E-state index in [1.165, 1.54) is 6.07 Å². The van der Waals surface area contributed by atoms with E-state index in [2.05, 4.69) is 0 Å². The van der Waals surface area contributed by atoms with Gasteiger partial charge in [0.2, 0.25) is 0 Å². The van der Waals surface area contributed by atoms with Crippen molar-refractivity contribution in [3.8, 4) is 5.75 Å². The highest BCUT2D eigenvalue weighted by Crippen LogP contribution is 2.28. The Hall–Kier alpha value is -2.40. The molecule has 0 atom stereocenters. The van der Waals surface area contributed by atoms with Gasteiger partial charge in [0.15, 0.2) is 5.75 Å². The van der Waals surface area contributed by atoms with Crippen LogP contribution in [-0.2, 0) is 13.0 Å². The minimum absolute atomic E-state index is 0.0403. The summed E-state index contributed by atoms with van der Waals surface area (Å²) in [6.45, 7) is 0.238. The average Bonchev–Trinajstić information content (AvgIpc) is 2.47. The quantitative estimate of drug-likeness (QED) is 0.648. The van der Waals surface area contributed by atoms with Crippen LogP contribution in [0.5, 0.6) is 5.75 Å². The fraction of sp³-hybridized carbons (Fsp3) is 0.200. The van der Waals surface area contributed by atoms with E-state index in [0.29, 0.717) is 12.0 Å². The molecule has 0 amide bonds. The first-order chi connectivity index (χ1) is 9.70. The van der Waals surface area contributed by atoms with Crippen LogP contribution in [0.2, 0.25) is 0 Å². The number of nitro groups is 1. The summed E-state index contributed by atoms with van der Waals surface area (Å²) in [4.78, 5) is 10.6. The monoisotopic (exact) mass is 273 g/mol. The van der Waals surface area contributed by atoms with Crippen LogP contribution in [0.3, 0.4) is 0 Å². The predicted octanol–water partition coefficient (Wildman–Crippen LogP) is 2.71. The summed E-state index contributed by atoms with van der Waals surface area (Å²) in [5.41, 5.74) is 1.58. The molecular weight excluding hydrogens is 258 g/mol. The maximum Gasteiger partial charge on any atom is 0.311 e. The van der Waals surface area contributed by atoms with Gasteiger partial charge < -0.3 is 9.84 Å². The first-order valence-electron chi connectivity index (χ1n) is 6.25. The van der Waals surface area contributed by atoms with Crippen molar-refractivity contribution in [2.24, 2.45) is 0 Å². The second-order valence-electron chi connectivity index (χ2n) is 4.31. The molecule has 2 aromatic carbocycles. The lowest BCUT2D eigenvalue weighted by molar-refractivity contribution is -0.386. The fourth-order valence-corrected chi connectivity index (χ4v) is 1.85. The maximum atomic E-state index is 11.1. The van der Waals surface area contributed by atoms with E-state index in [9.17, 15) is 10.1 Å². The van der Waals surface area contributed by atoms with Crippen molar-refractivity contribution >= 4 is 5.69 Å². The van der Waals surface area contributed by atoms with E-state index < -0.39 is 4.92 Å². The first kappa shape index (κ1) is 14.0. The van der Waals surface area contributed by atoms with E-state index in [1.807, 2.05) is 30.3 Å². The van der Waals surface area contributed by atoms with Crippen LogP contribution in [0.15, 0.2) is 48.5 Å². The summed E-state index contributed by atoms with van der Waals surface area (Å²) in [5.74, 6) is 0.237. The molecule has 0 heterocycles. The Morgan fingerprint density at radius 3 is 2.50 bits per heavy atom. The number of ether oxygens (including phenoxy) is 1. The van der Waals surface area contributed by atoms with Crippen LogP contribution >= 0.6 is 0 Å². The minimum atomic E-state index is -0.471. The van der Waals surface area contributed by atoms with Crippen LogP contribution in [0.25, 0.3) is 0 Å². The molecule has 20 heavy (non-hydrogen) atoms. The molecule has 0 bridgehead atoms. The Kier molecular flexibility index (Phi) is 4.68. The molecule has 0 saturated heterocycles. The van der Waals surface area contributed by atoms with Crippen molar-refractivity contribution in [1.29, 1.82) is 0 Å². The second kappa shape index (κ2) is 6.68. The highest BCUT2D eigenvalue weighted by atomic mass is 16.6. The molecule has 2 rings (SSSR count). The van der Waals surface area contributed by atoms with Crippen molar-refractivity contribution in [2.75, 3.05) is 6.61 Å². The zero-order chi connectivity index (χ0) is 14.4. The minimum Gasteiger partial charge on any atom is -0.482 e. The maximum absolute atomic E-state index is 11.1. The van der Waals surface area contributed by atoms with Gasteiger partial charge in [0.1, 0.15) is 6.61 Å². The van der Waals surface area contributed by atoms with Gasteiger partial charge in [-0.15, -0.1) is 0 Å². The van der Waals surface area contributed by atoms with Gasteiger partial charge in [-0.2, -0.15) is 0 Å². The van der Waals surface area contributed by atoms with Crippen molar-refractivity contribution in [3.05, 3.63) is 69.8 Å². The second-order valence-corrected chi connectivity index (χ2v) is 4.31. The van der Waals surface area contributed by atoms with Gasteiger partial charge in [-0.3, -0.25) is 10.1 Å². The number of nitrogens with zero attached hydrogens (tertiary/aromatic N) is 1. The number of hydrogen-bond donors (Lipinski definition) is 1. The van der Waals surface area contributed by atoms with Gasteiger partial charge in [0.25, 0.3) is 0 Å². The van der Waals surface area contributed by atoms with Gasteiger partial charge in [0, 0.05) is 12.7 Å². The third-order valence-electron chi connectivity index (χ3n) is 2.86. The lowest BCUT2D eigenvalue weighted by Gasteiger charge is -2.08. The van der Waals surface area contributed by atoms with E-state index in [-0.39, 0.29) is 24.7 Å². The third kappa shape index (κ3) is 3.55. The zero-order valence-electron chi connectivity index (χ0n) is 10.9. The van der Waals surface area contributed by atoms with Crippen LogP contribution in [0, 0.1) is 10.1 Å². The number of benzene rings is 2. The molecule has 0 aromatic heterocycles. The molecule has 0 spiro atoms. The molecule has 0 aliphatic heterocycles. The summed E-state index contributed by atoms with van der Waals surface area (Å²) in [6.07, 6.45) is 0.389. The van der Waals surface area contributed by atoms with Crippen LogP contribution in [-0.4, -0.2) is 16.6 Å².